The number of sulfone groups is 1. The van der Waals surface area contributed by atoms with Crippen LogP contribution in [0.5, 0.6) is 0 Å². The highest BCUT2D eigenvalue weighted by Gasteiger charge is 2.33. The molecule has 2 N–H and O–H groups in total. The van der Waals surface area contributed by atoms with Gasteiger partial charge in [0.15, 0.2) is 16.4 Å². The number of benzene rings is 1. The molecule has 1 aromatic carbocycles. The second kappa shape index (κ2) is 7.01. The summed E-state index contributed by atoms with van der Waals surface area (Å²) in [5.41, 5.74) is 1.58. The summed E-state index contributed by atoms with van der Waals surface area (Å²) in [6, 6.07) is 10.9. The Bertz CT molecular complexity index is 873. The molecular formula is C18H24N3O3S+. The van der Waals surface area contributed by atoms with Crippen molar-refractivity contribution in [3.05, 3.63) is 48.3 Å². The van der Waals surface area contributed by atoms with Crippen LogP contribution in [0.2, 0.25) is 0 Å². The number of anilines is 1. The van der Waals surface area contributed by atoms with Gasteiger partial charge in [0.25, 0.3) is 5.91 Å². The third-order valence-electron chi connectivity index (χ3n) is 4.77. The van der Waals surface area contributed by atoms with Gasteiger partial charge in [0.2, 0.25) is 0 Å². The zero-order valence-electron chi connectivity index (χ0n) is 14.5. The Hall–Kier alpha value is -2.12. The summed E-state index contributed by atoms with van der Waals surface area (Å²) in [7, 11) is -1.36. The van der Waals surface area contributed by atoms with Crippen molar-refractivity contribution in [3.63, 3.8) is 0 Å². The molecule has 2 heterocycles. The Morgan fingerprint density at radius 1 is 1.28 bits per heavy atom. The van der Waals surface area contributed by atoms with E-state index in [9.17, 15) is 13.2 Å². The van der Waals surface area contributed by atoms with Gasteiger partial charge in [0, 0.05) is 32.3 Å². The molecule has 2 aromatic rings. The molecule has 0 radical (unpaired) electrons. The van der Waals surface area contributed by atoms with Gasteiger partial charge in [0.1, 0.15) is 6.04 Å². The van der Waals surface area contributed by atoms with E-state index in [2.05, 4.69) is 16.0 Å². The number of nitrogens with zero attached hydrogens (tertiary/aromatic N) is 1. The summed E-state index contributed by atoms with van der Waals surface area (Å²) in [5.74, 6) is -0.160. The summed E-state index contributed by atoms with van der Waals surface area (Å²) in [6.07, 6.45) is 5.31. The Morgan fingerprint density at radius 2 is 2.04 bits per heavy atom. The number of amides is 1. The van der Waals surface area contributed by atoms with Crippen molar-refractivity contribution in [1.29, 1.82) is 0 Å². The van der Waals surface area contributed by atoms with E-state index in [4.69, 9.17) is 0 Å². The van der Waals surface area contributed by atoms with Crippen molar-refractivity contribution in [3.8, 4) is 0 Å². The SMILES string of the molecule is Cn1cccc1[C@H]1CCC[NH+]1CC(=O)Nc1ccccc1S(C)(=O)=O. The number of aromatic nitrogens is 1. The maximum atomic E-state index is 12.5. The molecular weight excluding hydrogens is 338 g/mol. The van der Waals surface area contributed by atoms with Gasteiger partial charge >= 0.3 is 0 Å². The lowest BCUT2D eigenvalue weighted by molar-refractivity contribution is -0.910. The van der Waals surface area contributed by atoms with Crippen LogP contribution in [0.25, 0.3) is 0 Å². The monoisotopic (exact) mass is 362 g/mol. The van der Waals surface area contributed by atoms with E-state index in [-0.39, 0.29) is 10.8 Å². The molecule has 1 fully saturated rings. The minimum atomic E-state index is -3.38. The fraction of sp³-hybridized carbons (Fsp3) is 0.389. The molecule has 1 saturated heterocycles. The number of para-hydroxylation sites is 1. The number of hydrogen-bond acceptors (Lipinski definition) is 3. The van der Waals surface area contributed by atoms with Crippen LogP contribution in [0.15, 0.2) is 47.5 Å². The lowest BCUT2D eigenvalue weighted by Crippen LogP contribution is -3.11. The molecule has 1 amide bonds. The fourth-order valence-electron chi connectivity index (χ4n) is 3.61. The van der Waals surface area contributed by atoms with Gasteiger partial charge in [-0.05, 0) is 24.3 Å². The van der Waals surface area contributed by atoms with Gasteiger partial charge < -0.3 is 14.8 Å². The van der Waals surface area contributed by atoms with E-state index >= 15 is 0 Å². The molecule has 3 rings (SSSR count). The third-order valence-corrected chi connectivity index (χ3v) is 5.93. The van der Waals surface area contributed by atoms with E-state index in [0.29, 0.717) is 18.3 Å². The largest absolute Gasteiger partial charge is 0.350 e. The quantitative estimate of drug-likeness (QED) is 0.826. The number of likely N-dealkylation sites (tertiary alicyclic amines) is 1. The van der Waals surface area contributed by atoms with Crippen LogP contribution >= 0.6 is 0 Å². The first-order valence-corrected chi connectivity index (χ1v) is 10.3. The maximum Gasteiger partial charge on any atom is 0.279 e. The molecule has 0 aliphatic carbocycles. The minimum Gasteiger partial charge on any atom is -0.350 e. The van der Waals surface area contributed by atoms with Crippen molar-refractivity contribution in [2.45, 2.75) is 23.8 Å². The number of hydrogen-bond donors (Lipinski definition) is 2. The number of aryl methyl sites for hydroxylation is 1. The Kier molecular flexibility index (Phi) is 4.96. The smallest absolute Gasteiger partial charge is 0.279 e. The third kappa shape index (κ3) is 3.93. The number of quaternary nitrogens is 1. The summed E-state index contributed by atoms with van der Waals surface area (Å²) < 4.78 is 25.8. The molecule has 2 atom stereocenters. The summed E-state index contributed by atoms with van der Waals surface area (Å²) in [6.45, 7) is 1.27. The van der Waals surface area contributed by atoms with Crippen LogP contribution < -0.4 is 10.2 Å². The molecule has 0 bridgehead atoms. The summed E-state index contributed by atoms with van der Waals surface area (Å²) in [5, 5.41) is 2.78. The highest BCUT2D eigenvalue weighted by atomic mass is 32.2. The van der Waals surface area contributed by atoms with E-state index in [1.54, 1.807) is 18.2 Å². The van der Waals surface area contributed by atoms with Crippen molar-refractivity contribution >= 4 is 21.4 Å². The maximum absolute atomic E-state index is 12.5. The average molecular weight is 362 g/mol. The van der Waals surface area contributed by atoms with Crippen LogP contribution in [-0.2, 0) is 21.7 Å². The van der Waals surface area contributed by atoms with Gasteiger partial charge in [-0.3, -0.25) is 4.79 Å². The first-order valence-electron chi connectivity index (χ1n) is 8.41. The Balaban J connectivity index is 1.72. The van der Waals surface area contributed by atoms with Gasteiger partial charge in [-0.2, -0.15) is 0 Å². The predicted molar refractivity (Wildman–Crippen MR) is 96.3 cm³/mol. The van der Waals surface area contributed by atoms with Gasteiger partial charge in [-0.1, -0.05) is 12.1 Å². The molecule has 1 aliphatic rings. The first kappa shape index (κ1) is 17.7. The van der Waals surface area contributed by atoms with Gasteiger partial charge in [0.05, 0.1) is 22.8 Å². The molecule has 1 aromatic heterocycles. The molecule has 7 heteroatoms. The number of nitrogens with one attached hydrogen (secondary N) is 2. The molecule has 134 valence electrons. The van der Waals surface area contributed by atoms with Gasteiger partial charge in [-0.15, -0.1) is 0 Å². The molecule has 0 saturated carbocycles. The minimum absolute atomic E-state index is 0.152. The van der Waals surface area contributed by atoms with E-state index in [1.165, 1.54) is 16.7 Å². The van der Waals surface area contributed by atoms with E-state index in [0.717, 1.165) is 25.6 Å². The molecule has 0 spiro atoms. The Morgan fingerprint density at radius 3 is 2.72 bits per heavy atom. The lowest BCUT2D eigenvalue weighted by atomic mass is 10.1. The predicted octanol–water partition coefficient (Wildman–Crippen LogP) is 0.787. The molecule has 1 aliphatic heterocycles. The van der Waals surface area contributed by atoms with Crippen molar-refractivity contribution < 1.29 is 18.1 Å². The standard InChI is InChI=1S/C18H23N3O3S/c1-20-11-5-8-15(20)16-9-6-12-21(16)13-18(22)19-14-7-3-4-10-17(14)25(2,23)24/h3-5,7-8,10-11,16H,6,9,12-13H2,1-2H3,(H,19,22)/p+1/t16-/m1/s1. The second-order valence-corrected chi connectivity index (χ2v) is 8.62. The number of carbonyl (C=O) groups is 1. The molecule has 25 heavy (non-hydrogen) atoms. The van der Waals surface area contributed by atoms with Crippen LogP contribution in [0.1, 0.15) is 24.6 Å². The van der Waals surface area contributed by atoms with Crippen LogP contribution in [-0.4, -0.2) is 38.2 Å². The normalized spacial score (nSPS) is 20.6. The zero-order chi connectivity index (χ0) is 18.0. The van der Waals surface area contributed by atoms with Gasteiger partial charge in [-0.25, -0.2) is 8.42 Å². The topological polar surface area (TPSA) is 72.6 Å². The lowest BCUT2D eigenvalue weighted by Gasteiger charge is -2.22. The van der Waals surface area contributed by atoms with Crippen LogP contribution in [0, 0.1) is 0 Å². The Labute approximate surface area is 148 Å². The van der Waals surface area contributed by atoms with Crippen LogP contribution in [0.3, 0.4) is 0 Å². The molecule has 6 nitrogen and oxygen atoms in total. The van der Waals surface area contributed by atoms with Crippen LogP contribution in [0.4, 0.5) is 5.69 Å². The fourth-order valence-corrected chi connectivity index (χ4v) is 4.45. The van der Waals surface area contributed by atoms with Crippen molar-refractivity contribution in [2.75, 3.05) is 24.7 Å². The zero-order valence-corrected chi connectivity index (χ0v) is 15.3. The highest BCUT2D eigenvalue weighted by Crippen LogP contribution is 2.21. The van der Waals surface area contributed by atoms with E-state index in [1.807, 2.05) is 19.3 Å². The summed E-state index contributed by atoms with van der Waals surface area (Å²) >= 11 is 0. The molecule has 1 unspecified atom stereocenters. The van der Waals surface area contributed by atoms with E-state index < -0.39 is 9.84 Å². The van der Waals surface area contributed by atoms with Crippen molar-refractivity contribution in [2.24, 2.45) is 7.05 Å². The highest BCUT2D eigenvalue weighted by molar-refractivity contribution is 7.90. The van der Waals surface area contributed by atoms with Crippen molar-refractivity contribution in [1.82, 2.24) is 4.57 Å². The first-order chi connectivity index (χ1) is 11.9. The number of carbonyl (C=O) groups excluding carboxylic acids is 1. The second-order valence-electron chi connectivity index (χ2n) is 6.64. The number of rotatable bonds is 5. The average Bonchev–Trinajstić information content (AvgIpc) is 3.15. The summed E-state index contributed by atoms with van der Waals surface area (Å²) in [4.78, 5) is 13.9.